The van der Waals surface area contributed by atoms with E-state index in [4.69, 9.17) is 52.2 Å². The van der Waals surface area contributed by atoms with E-state index in [0.29, 0.717) is 5.56 Å². The Balaban J connectivity index is 0.00000843. The zero-order valence-corrected chi connectivity index (χ0v) is 64.9. The predicted octanol–water partition coefficient (Wildman–Crippen LogP) is -2.29. The van der Waals surface area contributed by atoms with Crippen LogP contribution in [0.15, 0.2) is 65.7 Å². The minimum atomic E-state index is -5.08. The molecule has 15 atom stereocenters. The largest absolute Gasteiger partial charge is 0.490 e. The summed E-state index contributed by atoms with van der Waals surface area (Å²) < 4.78 is 74.4. The van der Waals surface area contributed by atoms with E-state index in [1.807, 2.05) is 10.6 Å². The number of rotatable bonds is 44. The van der Waals surface area contributed by atoms with Crippen molar-refractivity contribution in [3.63, 3.8) is 0 Å². The first kappa shape index (κ1) is 104. The molecular weight excluding hydrogens is 1550 g/mol. The van der Waals surface area contributed by atoms with Crippen molar-refractivity contribution in [1.29, 1.82) is 0 Å². The Bertz CT molecular complexity index is 3540. The summed E-state index contributed by atoms with van der Waals surface area (Å²) in [6, 6.07) is -1.28. The molecule has 11 amide bonds. The van der Waals surface area contributed by atoms with Gasteiger partial charge in [-0.05, 0) is 79.7 Å². The van der Waals surface area contributed by atoms with Crippen molar-refractivity contribution in [2.24, 2.45) is 57.5 Å². The number of nitrogens with two attached hydrogens (primary N) is 4. The van der Waals surface area contributed by atoms with Gasteiger partial charge in [0.25, 0.3) is 0 Å². The summed E-state index contributed by atoms with van der Waals surface area (Å²) in [5, 5.41) is 91.0. The van der Waals surface area contributed by atoms with E-state index in [9.17, 15) is 114 Å². The maximum atomic E-state index is 14.2. The van der Waals surface area contributed by atoms with E-state index >= 15 is 0 Å². The van der Waals surface area contributed by atoms with Gasteiger partial charge in [-0.25, -0.2) is 24.0 Å². The number of carboxylic acid groups (broad SMARTS) is 3. The number of benzene rings is 2. The van der Waals surface area contributed by atoms with Crippen LogP contribution in [-0.4, -0.2) is 242 Å². The van der Waals surface area contributed by atoms with E-state index in [2.05, 4.69) is 47.5 Å². The summed E-state index contributed by atoms with van der Waals surface area (Å²) in [4.78, 5) is 199. The van der Waals surface area contributed by atoms with Crippen LogP contribution in [0.25, 0.3) is 0 Å². The number of ether oxygens (including phenoxy) is 2. The maximum absolute atomic E-state index is 14.2. The number of amides is 11. The minimum absolute atomic E-state index is 0.0000336. The predicted molar refractivity (Wildman–Crippen MR) is 393 cm³/mol. The second kappa shape index (κ2) is 50.9. The Kier molecular flexibility index (Phi) is 46.0. The minimum Gasteiger partial charge on any atom is -0.480 e. The highest BCUT2D eigenvalue weighted by atomic mass is 19.4. The molecule has 0 aliphatic rings. The number of primary amides is 1. The lowest BCUT2D eigenvalue weighted by atomic mass is 9.96. The molecule has 115 heavy (non-hydrogen) atoms. The van der Waals surface area contributed by atoms with Gasteiger partial charge in [0, 0.05) is 6.54 Å². The van der Waals surface area contributed by atoms with E-state index in [-0.39, 0.29) is 81.0 Å². The van der Waals surface area contributed by atoms with Crippen molar-refractivity contribution in [3.05, 3.63) is 71.8 Å². The zero-order valence-electron chi connectivity index (χ0n) is 64.9. The van der Waals surface area contributed by atoms with Crippen molar-refractivity contribution in [3.8, 4) is 0 Å². The smallest absolute Gasteiger partial charge is 0.480 e. The van der Waals surface area contributed by atoms with Crippen molar-refractivity contribution in [1.82, 2.24) is 53.2 Å². The van der Waals surface area contributed by atoms with Gasteiger partial charge in [-0.1, -0.05) is 136 Å². The molecule has 0 saturated carbocycles. The number of alkyl halides is 6. The molecule has 0 aliphatic heterocycles. The standard InChI is InChI=1S/C66H105N15O20.2C2HF3O2/c1-12-36(10)47(79-55(88)40(24-19-25-71-65(69)70)73-56(89)41(26-32(2)3)75-59(92)46(67)51(85)35(8)9)61(94)80-48(37(11)83)60(93)72-29-45(84)78-49(52(86)54(68)87)62(95)76-44(30-82)64(98)101-53(39-22-17-14-18-23-39)50(63(96)97)81-58(91)42(27-33(4)5)74-57(90)43(28-34(6)7)77-66(99)100-31-38-20-15-13-16-21-38;2*3-2(4,5)1(6)7/h13-18,20-23,32-37,40-44,46-53,82-83,85-86H,12,19,24-31,67H2,1-11H3,(H2,68,87)(H,72,93)(H,73,89)(H,74,90)(H,75,92)(H,76,95)(H,77,99)(H,78,84)(H,79,88)(H,80,94)(H,81,91)(H,96,97)(H4,69,70,71);2*(H,6,7)/t36-,37-,40+,41-,42-,43+,44?,46-,47-,48-,49-,50-,51+,52-,53+;;/m0../s1. The van der Waals surface area contributed by atoms with Gasteiger partial charge < -0.3 is 121 Å². The monoisotopic (exact) mass is 1660 g/mol. The molecule has 2 rings (SSSR count). The number of nitrogens with zero attached hydrogens (tertiary/aromatic N) is 1. The fourth-order valence-corrected chi connectivity index (χ4v) is 9.87. The number of carbonyl (C=O) groups is 15. The SMILES string of the molecule is CC[C@H](C)[C@H](NC(=O)[C@@H](CCCN=C(N)N)NC(=O)[C@H](CC(C)C)NC(=O)[C@@H](N)[C@H](O)C(C)C)C(=O)N[C@H](C(=O)NCC(=O)N[C@H](C(=O)NC(CO)C(=O)O[C@H](c1ccccc1)[C@H](NC(=O)[C@H](CC(C)C)NC(=O)[C@@H](CC(C)C)NC(=O)OCc1ccccc1)C(=O)O)[C@H](O)C(N)=O)[C@H](C)O.O=C(O)C(F)(F)F.O=C(O)C(F)(F)F. The number of halogens is 6. The number of carbonyl (C=O) groups excluding carboxylic acids is 12. The van der Waals surface area contributed by atoms with Gasteiger partial charge in [0.2, 0.25) is 59.1 Å². The number of esters is 1. The van der Waals surface area contributed by atoms with Crippen molar-refractivity contribution in [2.45, 2.75) is 218 Å². The molecule has 0 spiro atoms. The fraction of sp³-hybridized carbons (Fsp3) is 0.600. The number of aliphatic hydroxyl groups excluding tert-OH is 4. The Hall–Kier alpha value is -11.1. The lowest BCUT2D eigenvalue weighted by molar-refractivity contribution is -0.193. The lowest BCUT2D eigenvalue weighted by Gasteiger charge is -2.30. The molecule has 2 aromatic carbocycles. The third kappa shape index (κ3) is 40.0. The second-order valence-electron chi connectivity index (χ2n) is 27.7. The fourth-order valence-electron chi connectivity index (χ4n) is 9.87. The molecule has 0 aromatic heterocycles. The van der Waals surface area contributed by atoms with Crippen LogP contribution in [0, 0.1) is 29.6 Å². The normalized spacial score (nSPS) is 15.2. The number of alkyl carbamates (subject to hydrolysis) is 1. The average molecular weight is 1660 g/mol. The van der Waals surface area contributed by atoms with Crippen LogP contribution in [0.5, 0.6) is 0 Å². The van der Waals surface area contributed by atoms with Gasteiger partial charge in [-0.15, -0.1) is 0 Å². The summed E-state index contributed by atoms with van der Waals surface area (Å²) in [6.07, 6.45) is -18.4. The molecule has 45 heteroatoms. The van der Waals surface area contributed by atoms with E-state index in [1.54, 1.807) is 99.6 Å². The third-order valence-electron chi connectivity index (χ3n) is 16.1. The van der Waals surface area contributed by atoms with Crippen LogP contribution in [-0.2, 0) is 83.2 Å². The molecule has 0 fully saturated rings. The van der Waals surface area contributed by atoms with Crippen LogP contribution in [0.3, 0.4) is 0 Å². The van der Waals surface area contributed by atoms with Crippen molar-refractivity contribution in [2.75, 3.05) is 19.7 Å². The van der Waals surface area contributed by atoms with Crippen LogP contribution < -0.4 is 76.1 Å². The molecule has 0 bridgehead atoms. The molecule has 648 valence electrons. The van der Waals surface area contributed by atoms with Crippen molar-refractivity contribution < 1.29 is 143 Å². The number of nitrogens with one attached hydrogen (secondary N) is 10. The zero-order chi connectivity index (χ0) is 88.7. The van der Waals surface area contributed by atoms with Crippen LogP contribution in [0.2, 0.25) is 0 Å². The Morgan fingerprint density at radius 1 is 0.513 bits per heavy atom. The van der Waals surface area contributed by atoms with Gasteiger partial charge in [-0.3, -0.25) is 52.9 Å². The van der Waals surface area contributed by atoms with E-state index in [0.717, 1.165) is 6.92 Å². The molecule has 0 aliphatic carbocycles. The number of aliphatic hydroxyl groups is 4. The van der Waals surface area contributed by atoms with Crippen LogP contribution in [0.4, 0.5) is 31.1 Å². The van der Waals surface area contributed by atoms with Gasteiger partial charge in [0.05, 0.1) is 25.4 Å². The molecular formula is C70H107F6N15O24. The Morgan fingerprint density at radius 2 is 0.930 bits per heavy atom. The highest BCUT2D eigenvalue weighted by Crippen LogP contribution is 2.25. The Labute approximate surface area is 657 Å². The van der Waals surface area contributed by atoms with Crippen molar-refractivity contribution >= 4 is 95.0 Å². The molecule has 0 radical (unpaired) electrons. The molecule has 25 N–H and O–H groups in total. The summed E-state index contributed by atoms with van der Waals surface area (Å²) in [5.74, 6) is -22.3. The summed E-state index contributed by atoms with van der Waals surface area (Å²) in [5.41, 5.74) is 22.9. The number of hydrogen-bond donors (Lipinski definition) is 21. The molecule has 39 nitrogen and oxygen atoms in total. The maximum Gasteiger partial charge on any atom is 0.490 e. The lowest BCUT2D eigenvalue weighted by Crippen LogP contribution is -2.62. The average Bonchev–Trinajstić information content (AvgIpc) is 0.823. The first-order chi connectivity index (χ1) is 53.2. The van der Waals surface area contributed by atoms with E-state index in [1.165, 1.54) is 30.3 Å². The van der Waals surface area contributed by atoms with Gasteiger partial charge in [0.1, 0.15) is 54.9 Å². The summed E-state index contributed by atoms with van der Waals surface area (Å²) in [7, 11) is 0. The topological polar surface area (TPSA) is 653 Å². The Morgan fingerprint density at radius 3 is 1.36 bits per heavy atom. The number of hydrogen-bond acceptors (Lipinski definition) is 23. The molecule has 0 saturated heterocycles. The summed E-state index contributed by atoms with van der Waals surface area (Å²) >= 11 is 0. The second-order valence-corrected chi connectivity index (χ2v) is 27.7. The molecule has 0 heterocycles. The number of aliphatic imine (C=N–C) groups is 1. The number of carboxylic acids is 3. The number of aliphatic carboxylic acids is 3. The molecule has 1 unspecified atom stereocenters. The van der Waals surface area contributed by atoms with Crippen LogP contribution in [0.1, 0.15) is 132 Å². The molecule has 2 aromatic rings. The third-order valence-corrected chi connectivity index (χ3v) is 16.1. The quantitative estimate of drug-likeness (QED) is 0.0109. The van der Waals surface area contributed by atoms with E-state index < -0.39 is 211 Å². The first-order valence-electron chi connectivity index (χ1n) is 35.7. The van der Waals surface area contributed by atoms with Crippen LogP contribution >= 0.6 is 0 Å². The first-order valence-corrected chi connectivity index (χ1v) is 35.7. The highest BCUT2D eigenvalue weighted by molar-refractivity contribution is 5.99. The van der Waals surface area contributed by atoms with Gasteiger partial charge >= 0.3 is 42.3 Å². The van der Waals surface area contributed by atoms with Gasteiger partial charge in [0.15, 0.2) is 30.3 Å². The highest BCUT2D eigenvalue weighted by Gasteiger charge is 2.43. The number of guanidine groups is 1. The summed E-state index contributed by atoms with van der Waals surface area (Å²) in [6.45, 7) is 15.5. The van der Waals surface area contributed by atoms with Gasteiger partial charge in [-0.2, -0.15) is 26.3 Å².